The third-order valence-corrected chi connectivity index (χ3v) is 4.26. The van der Waals surface area contributed by atoms with Crippen molar-refractivity contribution >= 4 is 0 Å². The number of hydrogen-bond acceptors (Lipinski definition) is 1. The van der Waals surface area contributed by atoms with Crippen molar-refractivity contribution in [3.8, 4) is 5.75 Å². The highest BCUT2D eigenvalue weighted by molar-refractivity contribution is 5.48. The minimum atomic E-state index is 0.107. The summed E-state index contributed by atoms with van der Waals surface area (Å²) in [6, 6.07) is 4.05. The summed E-state index contributed by atoms with van der Waals surface area (Å²) in [5, 5.41) is 9.99. The fourth-order valence-electron chi connectivity index (χ4n) is 3.47. The summed E-state index contributed by atoms with van der Waals surface area (Å²) in [5.74, 6) is 1.15. The second-order valence-electron chi connectivity index (χ2n) is 6.76. The van der Waals surface area contributed by atoms with Gasteiger partial charge in [-0.1, -0.05) is 46.1 Å². The molecule has 0 radical (unpaired) electrons. The molecular weight excluding hydrogens is 220 g/mol. The Morgan fingerprint density at radius 1 is 1.06 bits per heavy atom. The number of aromatic hydroxyl groups is 1. The standard InChI is InChI=1S/C17H26O/c1-12-15(18)11-10-14(16(12)17(2,3)4)13-8-6-5-7-9-13/h10-11,13,18H,5-9H2,1-4H3. The predicted molar refractivity (Wildman–Crippen MR) is 77.4 cm³/mol. The monoisotopic (exact) mass is 246 g/mol. The van der Waals surface area contributed by atoms with E-state index in [2.05, 4.69) is 33.8 Å². The number of phenolic OH excluding ortho intramolecular Hbond substituents is 1. The van der Waals surface area contributed by atoms with Crippen LogP contribution in [0.4, 0.5) is 0 Å². The van der Waals surface area contributed by atoms with E-state index in [9.17, 15) is 5.11 Å². The van der Waals surface area contributed by atoms with Gasteiger partial charge in [-0.05, 0) is 53.9 Å². The molecule has 100 valence electrons. The molecule has 1 aromatic rings. The first kappa shape index (κ1) is 13.5. The lowest BCUT2D eigenvalue weighted by Gasteiger charge is -2.31. The maximum Gasteiger partial charge on any atom is 0.118 e. The molecule has 1 nitrogen and oxygen atoms in total. The molecule has 1 fully saturated rings. The van der Waals surface area contributed by atoms with Crippen LogP contribution in [-0.4, -0.2) is 5.11 Å². The van der Waals surface area contributed by atoms with E-state index < -0.39 is 0 Å². The maximum absolute atomic E-state index is 9.99. The Morgan fingerprint density at radius 3 is 2.22 bits per heavy atom. The minimum Gasteiger partial charge on any atom is -0.508 e. The zero-order valence-corrected chi connectivity index (χ0v) is 12.2. The van der Waals surface area contributed by atoms with Crippen LogP contribution < -0.4 is 0 Å². The van der Waals surface area contributed by atoms with Crippen molar-refractivity contribution < 1.29 is 5.11 Å². The van der Waals surface area contributed by atoms with Crippen molar-refractivity contribution in [3.63, 3.8) is 0 Å². The summed E-state index contributed by atoms with van der Waals surface area (Å²) < 4.78 is 0. The van der Waals surface area contributed by atoms with Crippen molar-refractivity contribution in [2.45, 2.75) is 71.1 Å². The van der Waals surface area contributed by atoms with Gasteiger partial charge in [-0.3, -0.25) is 0 Å². The van der Waals surface area contributed by atoms with Gasteiger partial charge < -0.3 is 5.11 Å². The van der Waals surface area contributed by atoms with Gasteiger partial charge in [-0.2, -0.15) is 0 Å². The molecule has 0 bridgehead atoms. The molecule has 0 heterocycles. The Labute approximate surface area is 111 Å². The van der Waals surface area contributed by atoms with E-state index in [1.807, 2.05) is 6.07 Å². The zero-order chi connectivity index (χ0) is 13.3. The van der Waals surface area contributed by atoms with E-state index >= 15 is 0 Å². The van der Waals surface area contributed by atoms with E-state index in [0.717, 1.165) is 5.56 Å². The third kappa shape index (κ3) is 2.55. The SMILES string of the molecule is Cc1c(O)ccc(C2CCCCC2)c1C(C)(C)C. The Hall–Kier alpha value is -0.980. The Kier molecular flexibility index (Phi) is 3.70. The second kappa shape index (κ2) is 4.95. The number of rotatable bonds is 1. The first-order valence-electron chi connectivity index (χ1n) is 7.24. The van der Waals surface area contributed by atoms with E-state index in [0.29, 0.717) is 11.7 Å². The van der Waals surface area contributed by atoms with Gasteiger partial charge in [0.2, 0.25) is 0 Å². The van der Waals surface area contributed by atoms with Gasteiger partial charge in [-0.25, -0.2) is 0 Å². The molecule has 1 saturated carbocycles. The van der Waals surface area contributed by atoms with Crippen molar-refractivity contribution in [2.75, 3.05) is 0 Å². The van der Waals surface area contributed by atoms with Crippen LogP contribution in [0.25, 0.3) is 0 Å². The van der Waals surface area contributed by atoms with Gasteiger partial charge in [0, 0.05) is 0 Å². The van der Waals surface area contributed by atoms with Crippen LogP contribution in [0, 0.1) is 6.92 Å². The molecule has 0 atom stereocenters. The average Bonchev–Trinajstić information content (AvgIpc) is 2.32. The molecule has 0 amide bonds. The van der Waals surface area contributed by atoms with Gasteiger partial charge in [0.15, 0.2) is 0 Å². The molecule has 0 spiro atoms. The van der Waals surface area contributed by atoms with Crippen molar-refractivity contribution in [2.24, 2.45) is 0 Å². The molecule has 0 aromatic heterocycles. The average molecular weight is 246 g/mol. The smallest absolute Gasteiger partial charge is 0.118 e. The van der Waals surface area contributed by atoms with Crippen LogP contribution in [0.1, 0.15) is 75.5 Å². The first-order valence-corrected chi connectivity index (χ1v) is 7.24. The fourth-order valence-corrected chi connectivity index (χ4v) is 3.47. The van der Waals surface area contributed by atoms with Gasteiger partial charge in [0.05, 0.1) is 0 Å². The third-order valence-electron chi connectivity index (χ3n) is 4.26. The van der Waals surface area contributed by atoms with Crippen LogP contribution in [0.5, 0.6) is 5.75 Å². The summed E-state index contributed by atoms with van der Waals surface area (Å²) in [6.45, 7) is 8.81. The highest BCUT2D eigenvalue weighted by Gasteiger charge is 2.26. The van der Waals surface area contributed by atoms with Crippen molar-refractivity contribution in [1.82, 2.24) is 0 Å². The Bertz CT molecular complexity index is 420. The van der Waals surface area contributed by atoms with Gasteiger partial charge in [0.25, 0.3) is 0 Å². The van der Waals surface area contributed by atoms with Crippen LogP contribution >= 0.6 is 0 Å². The minimum absolute atomic E-state index is 0.107. The fraction of sp³-hybridized carbons (Fsp3) is 0.647. The number of phenols is 1. The van der Waals surface area contributed by atoms with E-state index in [1.165, 1.54) is 43.2 Å². The second-order valence-corrected chi connectivity index (χ2v) is 6.76. The van der Waals surface area contributed by atoms with E-state index in [1.54, 1.807) is 0 Å². The van der Waals surface area contributed by atoms with Gasteiger partial charge in [0.1, 0.15) is 5.75 Å². The Balaban J connectivity index is 2.49. The molecule has 1 aliphatic carbocycles. The number of benzene rings is 1. The van der Waals surface area contributed by atoms with Crippen LogP contribution in [0.15, 0.2) is 12.1 Å². The topological polar surface area (TPSA) is 20.2 Å². The molecular formula is C17H26O. The molecule has 0 saturated heterocycles. The molecule has 1 aliphatic rings. The lowest BCUT2D eigenvalue weighted by atomic mass is 9.74. The van der Waals surface area contributed by atoms with E-state index in [4.69, 9.17) is 0 Å². The highest BCUT2D eigenvalue weighted by atomic mass is 16.3. The lowest BCUT2D eigenvalue weighted by molar-refractivity contribution is 0.429. The molecule has 0 unspecified atom stereocenters. The normalized spacial score (nSPS) is 18.0. The van der Waals surface area contributed by atoms with E-state index in [-0.39, 0.29) is 5.41 Å². The van der Waals surface area contributed by atoms with Gasteiger partial charge >= 0.3 is 0 Å². The molecule has 0 aliphatic heterocycles. The summed E-state index contributed by atoms with van der Waals surface area (Å²) in [7, 11) is 0. The van der Waals surface area contributed by atoms with Crippen LogP contribution in [-0.2, 0) is 5.41 Å². The lowest BCUT2D eigenvalue weighted by Crippen LogP contribution is -2.19. The predicted octanol–water partition coefficient (Wildman–Crippen LogP) is 5.05. The molecule has 1 aromatic carbocycles. The molecule has 1 N–H and O–H groups in total. The summed E-state index contributed by atoms with van der Waals surface area (Å²) in [4.78, 5) is 0. The van der Waals surface area contributed by atoms with Crippen LogP contribution in [0.3, 0.4) is 0 Å². The van der Waals surface area contributed by atoms with Crippen molar-refractivity contribution in [3.05, 3.63) is 28.8 Å². The van der Waals surface area contributed by atoms with Gasteiger partial charge in [-0.15, -0.1) is 0 Å². The maximum atomic E-state index is 9.99. The Morgan fingerprint density at radius 2 is 1.67 bits per heavy atom. The zero-order valence-electron chi connectivity index (χ0n) is 12.2. The molecule has 2 rings (SSSR count). The highest BCUT2D eigenvalue weighted by Crippen LogP contribution is 2.41. The summed E-state index contributed by atoms with van der Waals surface area (Å²) in [5.41, 5.74) is 4.03. The molecule has 18 heavy (non-hydrogen) atoms. The summed E-state index contributed by atoms with van der Waals surface area (Å²) in [6.07, 6.45) is 6.72. The summed E-state index contributed by atoms with van der Waals surface area (Å²) >= 11 is 0. The van der Waals surface area contributed by atoms with Crippen molar-refractivity contribution in [1.29, 1.82) is 0 Å². The van der Waals surface area contributed by atoms with Crippen LogP contribution in [0.2, 0.25) is 0 Å². The largest absolute Gasteiger partial charge is 0.508 e. The molecule has 1 heteroatoms. The number of hydrogen-bond donors (Lipinski definition) is 1. The first-order chi connectivity index (χ1) is 8.41. The quantitative estimate of drug-likeness (QED) is 0.735.